The van der Waals surface area contributed by atoms with Gasteiger partial charge in [0.2, 0.25) is 0 Å². The van der Waals surface area contributed by atoms with E-state index in [1.165, 1.54) is 11.3 Å². The lowest BCUT2D eigenvalue weighted by molar-refractivity contribution is 0.0950. The highest BCUT2D eigenvalue weighted by Crippen LogP contribution is 2.22. The third-order valence-electron chi connectivity index (χ3n) is 2.35. The predicted molar refractivity (Wildman–Crippen MR) is 69.5 cm³/mol. The Morgan fingerprint density at radius 3 is 2.42 bits per heavy atom. The standard InChI is InChI=1S/C12H7BrF3NOS/c13-7-1-2-19-10(7)5-17-12(18)6-3-8(14)11(16)9(15)4-6/h1-4H,5H2,(H,17,18). The first-order valence-corrected chi connectivity index (χ1v) is 6.81. The van der Waals surface area contributed by atoms with Crippen LogP contribution in [0, 0.1) is 17.5 Å². The van der Waals surface area contributed by atoms with E-state index >= 15 is 0 Å². The van der Waals surface area contributed by atoms with Gasteiger partial charge in [0.1, 0.15) is 0 Å². The van der Waals surface area contributed by atoms with Gasteiger partial charge in [0.15, 0.2) is 17.5 Å². The quantitative estimate of drug-likeness (QED) is 0.837. The lowest BCUT2D eigenvalue weighted by Crippen LogP contribution is -2.23. The van der Waals surface area contributed by atoms with E-state index in [2.05, 4.69) is 21.2 Å². The van der Waals surface area contributed by atoms with Crippen LogP contribution in [0.4, 0.5) is 13.2 Å². The first-order chi connectivity index (χ1) is 8.99. The highest BCUT2D eigenvalue weighted by atomic mass is 79.9. The minimum atomic E-state index is -1.59. The van der Waals surface area contributed by atoms with Crippen LogP contribution < -0.4 is 5.32 Å². The number of nitrogens with one attached hydrogen (secondary N) is 1. The molecule has 19 heavy (non-hydrogen) atoms. The molecule has 0 bridgehead atoms. The molecule has 1 N–H and O–H groups in total. The molecule has 0 aliphatic heterocycles. The first-order valence-electron chi connectivity index (χ1n) is 5.13. The molecule has 0 aliphatic carbocycles. The van der Waals surface area contributed by atoms with Crippen LogP contribution in [0.5, 0.6) is 0 Å². The van der Waals surface area contributed by atoms with Gasteiger partial charge in [0, 0.05) is 14.9 Å². The van der Waals surface area contributed by atoms with Crippen molar-refractivity contribution >= 4 is 33.2 Å². The van der Waals surface area contributed by atoms with E-state index in [4.69, 9.17) is 0 Å². The van der Waals surface area contributed by atoms with Gasteiger partial charge in [-0.05, 0) is 39.5 Å². The third kappa shape index (κ3) is 3.16. The number of thiophene rings is 1. The van der Waals surface area contributed by atoms with Crippen molar-refractivity contribution in [2.24, 2.45) is 0 Å². The summed E-state index contributed by atoms with van der Waals surface area (Å²) in [5, 5.41) is 4.34. The van der Waals surface area contributed by atoms with Crippen LogP contribution in [-0.4, -0.2) is 5.91 Å². The van der Waals surface area contributed by atoms with Gasteiger partial charge < -0.3 is 5.32 Å². The molecule has 0 atom stereocenters. The van der Waals surface area contributed by atoms with Gasteiger partial charge in [0.05, 0.1) is 6.54 Å². The molecule has 0 unspecified atom stereocenters. The van der Waals surface area contributed by atoms with Gasteiger partial charge in [-0.15, -0.1) is 11.3 Å². The van der Waals surface area contributed by atoms with Gasteiger partial charge >= 0.3 is 0 Å². The van der Waals surface area contributed by atoms with Crippen molar-refractivity contribution in [3.63, 3.8) is 0 Å². The molecule has 0 aliphatic rings. The molecule has 0 spiro atoms. The van der Waals surface area contributed by atoms with E-state index in [1.807, 2.05) is 11.4 Å². The lowest BCUT2D eigenvalue weighted by Gasteiger charge is -2.05. The summed E-state index contributed by atoms with van der Waals surface area (Å²) in [6.45, 7) is 0.220. The molecule has 100 valence electrons. The Kier molecular flexibility index (Phi) is 4.26. The zero-order valence-electron chi connectivity index (χ0n) is 9.34. The second kappa shape index (κ2) is 5.75. The molecule has 2 nitrogen and oxygen atoms in total. The van der Waals surface area contributed by atoms with Crippen LogP contribution in [0.3, 0.4) is 0 Å². The Hall–Kier alpha value is -1.34. The Balaban J connectivity index is 2.10. The SMILES string of the molecule is O=C(NCc1sccc1Br)c1cc(F)c(F)c(F)c1. The summed E-state index contributed by atoms with van der Waals surface area (Å²) in [5.74, 6) is -5.03. The Bertz CT molecular complexity index is 606. The zero-order chi connectivity index (χ0) is 14.0. The molecule has 0 saturated carbocycles. The summed E-state index contributed by atoms with van der Waals surface area (Å²) in [4.78, 5) is 12.6. The highest BCUT2D eigenvalue weighted by Gasteiger charge is 2.15. The number of carbonyl (C=O) groups excluding carboxylic acids is 1. The van der Waals surface area contributed by atoms with Crippen LogP contribution in [0.25, 0.3) is 0 Å². The summed E-state index contributed by atoms with van der Waals surface area (Å²) in [5.41, 5.74) is -0.260. The van der Waals surface area contributed by atoms with Crippen molar-refractivity contribution in [3.8, 4) is 0 Å². The van der Waals surface area contributed by atoms with E-state index in [-0.39, 0.29) is 12.1 Å². The number of halogens is 4. The molecule has 1 aromatic carbocycles. The van der Waals surface area contributed by atoms with E-state index < -0.39 is 23.4 Å². The van der Waals surface area contributed by atoms with Crippen molar-refractivity contribution < 1.29 is 18.0 Å². The number of hydrogen-bond acceptors (Lipinski definition) is 2. The normalized spacial score (nSPS) is 10.5. The fourth-order valence-corrected chi connectivity index (χ4v) is 2.83. The maximum Gasteiger partial charge on any atom is 0.251 e. The third-order valence-corrected chi connectivity index (χ3v) is 4.27. The summed E-state index contributed by atoms with van der Waals surface area (Å²) in [6.07, 6.45) is 0. The van der Waals surface area contributed by atoms with Crippen molar-refractivity contribution in [2.45, 2.75) is 6.54 Å². The minimum Gasteiger partial charge on any atom is -0.347 e. The van der Waals surface area contributed by atoms with Gasteiger partial charge in [-0.25, -0.2) is 13.2 Å². The fourth-order valence-electron chi connectivity index (χ4n) is 1.40. The van der Waals surface area contributed by atoms with Gasteiger partial charge in [-0.1, -0.05) is 0 Å². The first kappa shape index (κ1) is 14.1. The second-order valence-corrected chi connectivity index (χ2v) is 5.48. The topological polar surface area (TPSA) is 29.1 Å². The molecule has 2 rings (SSSR count). The molecule has 1 aromatic heterocycles. The van der Waals surface area contributed by atoms with Crippen molar-refractivity contribution in [1.29, 1.82) is 0 Å². The molecule has 2 aromatic rings. The molecule has 1 heterocycles. The van der Waals surface area contributed by atoms with Crippen LogP contribution >= 0.6 is 27.3 Å². The predicted octanol–water partition coefficient (Wildman–Crippen LogP) is 3.86. The van der Waals surface area contributed by atoms with Crippen LogP contribution in [0.15, 0.2) is 28.1 Å². The number of hydrogen-bond donors (Lipinski definition) is 1. The number of amides is 1. The average Bonchev–Trinajstić information content (AvgIpc) is 2.78. The Morgan fingerprint density at radius 2 is 1.89 bits per heavy atom. The van der Waals surface area contributed by atoms with Gasteiger partial charge in [-0.3, -0.25) is 4.79 Å². The molecule has 1 amide bonds. The Labute approximate surface area is 119 Å². The van der Waals surface area contributed by atoms with Crippen LogP contribution in [0.2, 0.25) is 0 Å². The molecule has 0 fully saturated rings. The van der Waals surface area contributed by atoms with Crippen molar-refractivity contribution in [1.82, 2.24) is 5.32 Å². The van der Waals surface area contributed by atoms with Crippen molar-refractivity contribution in [3.05, 3.63) is 55.9 Å². The summed E-state index contributed by atoms with van der Waals surface area (Å²) < 4.78 is 39.5. The monoisotopic (exact) mass is 349 g/mol. The van der Waals surface area contributed by atoms with Crippen LogP contribution in [0.1, 0.15) is 15.2 Å². The molecule has 0 radical (unpaired) electrons. The fraction of sp³-hybridized carbons (Fsp3) is 0.0833. The molecule has 0 saturated heterocycles. The summed E-state index contributed by atoms with van der Waals surface area (Å²) >= 11 is 4.72. The zero-order valence-corrected chi connectivity index (χ0v) is 11.7. The van der Waals surface area contributed by atoms with Crippen LogP contribution in [-0.2, 0) is 6.54 Å². The van der Waals surface area contributed by atoms with Crippen molar-refractivity contribution in [2.75, 3.05) is 0 Å². The van der Waals surface area contributed by atoms with E-state index in [0.717, 1.165) is 9.35 Å². The average molecular weight is 350 g/mol. The number of carbonyl (C=O) groups is 1. The molecule has 7 heteroatoms. The van der Waals surface area contributed by atoms with Gasteiger partial charge in [0.25, 0.3) is 5.91 Å². The van der Waals surface area contributed by atoms with E-state index in [0.29, 0.717) is 12.1 Å². The number of benzene rings is 1. The molecular formula is C12H7BrF3NOS. The summed E-state index contributed by atoms with van der Waals surface area (Å²) in [6, 6.07) is 3.15. The largest absolute Gasteiger partial charge is 0.347 e. The minimum absolute atomic E-state index is 0.220. The molecular weight excluding hydrogens is 343 g/mol. The number of rotatable bonds is 3. The van der Waals surface area contributed by atoms with Gasteiger partial charge in [-0.2, -0.15) is 0 Å². The smallest absolute Gasteiger partial charge is 0.251 e. The maximum atomic E-state index is 13.0. The highest BCUT2D eigenvalue weighted by molar-refractivity contribution is 9.10. The lowest BCUT2D eigenvalue weighted by atomic mass is 10.2. The Morgan fingerprint density at radius 1 is 1.26 bits per heavy atom. The maximum absolute atomic E-state index is 13.0. The van der Waals surface area contributed by atoms with E-state index in [9.17, 15) is 18.0 Å². The van der Waals surface area contributed by atoms with E-state index in [1.54, 1.807) is 0 Å². The second-order valence-electron chi connectivity index (χ2n) is 3.63. The summed E-state index contributed by atoms with van der Waals surface area (Å²) in [7, 11) is 0.